The Morgan fingerprint density at radius 2 is 2.43 bits per heavy atom. The van der Waals surface area contributed by atoms with E-state index in [9.17, 15) is 0 Å². The van der Waals surface area contributed by atoms with Gasteiger partial charge in [-0.25, -0.2) is 4.98 Å². The van der Waals surface area contributed by atoms with Crippen LogP contribution in [0.5, 0.6) is 0 Å². The van der Waals surface area contributed by atoms with Crippen molar-refractivity contribution < 1.29 is 14.3 Å². The van der Waals surface area contributed by atoms with Crippen LogP contribution in [0.15, 0.2) is 17.3 Å². The molecule has 116 valence electrons. The molecular weight excluding hydrogens is 294 g/mol. The van der Waals surface area contributed by atoms with Crippen molar-refractivity contribution in [3.63, 3.8) is 0 Å². The van der Waals surface area contributed by atoms with Crippen LogP contribution in [0, 0.1) is 6.92 Å². The van der Waals surface area contributed by atoms with Crippen molar-refractivity contribution in [1.29, 1.82) is 0 Å². The Kier molecular flexibility index (Phi) is 6.22. The number of ether oxygens (including phenoxy) is 2. The lowest BCUT2D eigenvalue weighted by atomic mass is 10.2. The Labute approximate surface area is 129 Å². The largest absolute Gasteiger partial charge is 0.388 e. The fraction of sp³-hybridized carbons (Fsp3) is 0.571. The first-order valence-corrected chi connectivity index (χ1v) is 7.28. The number of aryl methyl sites for hydroxylation is 1. The predicted octanol–water partition coefficient (Wildman–Crippen LogP) is 2.03. The molecule has 1 atom stereocenters. The number of pyridine rings is 1. The van der Waals surface area contributed by atoms with Gasteiger partial charge >= 0.3 is 0 Å². The molecule has 1 aromatic heterocycles. The fourth-order valence-electron chi connectivity index (χ4n) is 1.90. The zero-order valence-corrected chi connectivity index (χ0v) is 12.8. The normalized spacial score (nSPS) is 19.0. The van der Waals surface area contributed by atoms with Crippen LogP contribution in [-0.4, -0.2) is 36.7 Å². The molecule has 1 aliphatic rings. The molecule has 21 heavy (non-hydrogen) atoms. The van der Waals surface area contributed by atoms with Crippen molar-refractivity contribution in [2.75, 3.05) is 19.8 Å². The van der Waals surface area contributed by atoms with Crippen LogP contribution in [-0.2, 0) is 20.9 Å². The Morgan fingerprint density at radius 1 is 1.57 bits per heavy atom. The van der Waals surface area contributed by atoms with E-state index in [-0.39, 0.29) is 25.2 Å². The van der Waals surface area contributed by atoms with E-state index in [0.29, 0.717) is 17.5 Å². The molecule has 2 N–H and O–H groups in total. The second-order valence-electron chi connectivity index (χ2n) is 4.92. The van der Waals surface area contributed by atoms with Crippen LogP contribution in [0.4, 0.5) is 0 Å². The first-order valence-electron chi connectivity index (χ1n) is 6.91. The van der Waals surface area contributed by atoms with E-state index < -0.39 is 0 Å². The maximum atomic E-state index is 5.93. The second-order valence-corrected chi connectivity index (χ2v) is 5.27. The summed E-state index contributed by atoms with van der Waals surface area (Å²) in [4.78, 5) is 9.30. The molecular formula is C14H20ClN3O3. The monoisotopic (exact) mass is 313 g/mol. The van der Waals surface area contributed by atoms with Crippen LogP contribution in [0.25, 0.3) is 0 Å². The van der Waals surface area contributed by atoms with E-state index >= 15 is 0 Å². The van der Waals surface area contributed by atoms with E-state index in [1.165, 1.54) is 0 Å². The first kappa shape index (κ1) is 16.0. The van der Waals surface area contributed by atoms with Gasteiger partial charge in [0.1, 0.15) is 11.8 Å². The molecule has 1 aliphatic heterocycles. The van der Waals surface area contributed by atoms with E-state index in [4.69, 9.17) is 31.6 Å². The summed E-state index contributed by atoms with van der Waals surface area (Å²) in [5, 5.41) is 4.25. The summed E-state index contributed by atoms with van der Waals surface area (Å²) in [6.45, 7) is 3.67. The second kappa shape index (κ2) is 8.17. The van der Waals surface area contributed by atoms with Gasteiger partial charge in [0, 0.05) is 6.61 Å². The first-order chi connectivity index (χ1) is 10.1. The smallest absolute Gasteiger partial charge is 0.165 e. The van der Waals surface area contributed by atoms with Crippen molar-refractivity contribution in [2.45, 2.75) is 32.5 Å². The average Bonchev–Trinajstić information content (AvgIpc) is 2.96. The summed E-state index contributed by atoms with van der Waals surface area (Å²) in [5.41, 5.74) is 7.31. The highest BCUT2D eigenvalue weighted by Gasteiger charge is 2.15. The van der Waals surface area contributed by atoms with Gasteiger partial charge in [-0.1, -0.05) is 22.8 Å². The van der Waals surface area contributed by atoms with Crippen molar-refractivity contribution >= 4 is 17.4 Å². The molecule has 0 spiro atoms. The van der Waals surface area contributed by atoms with Crippen LogP contribution in [0.1, 0.15) is 24.1 Å². The van der Waals surface area contributed by atoms with Crippen LogP contribution < -0.4 is 5.73 Å². The summed E-state index contributed by atoms with van der Waals surface area (Å²) in [5.74, 6) is 0.284. The highest BCUT2D eigenvalue weighted by molar-refractivity contribution is 6.30. The lowest BCUT2D eigenvalue weighted by Gasteiger charge is -2.09. The van der Waals surface area contributed by atoms with Crippen LogP contribution >= 0.6 is 11.6 Å². The van der Waals surface area contributed by atoms with Crippen LogP contribution in [0.3, 0.4) is 0 Å². The number of hydrogen-bond donors (Lipinski definition) is 1. The predicted molar refractivity (Wildman–Crippen MR) is 80.2 cm³/mol. The summed E-state index contributed by atoms with van der Waals surface area (Å²) in [6, 6.07) is 3.71. The molecule has 1 saturated heterocycles. The molecule has 0 saturated carbocycles. The van der Waals surface area contributed by atoms with Gasteiger partial charge in [0.25, 0.3) is 0 Å². The minimum atomic E-state index is 0.178. The number of nitrogens with zero attached hydrogens (tertiary/aromatic N) is 2. The molecule has 0 radical (unpaired) electrons. The standard InChI is InChI=1S/C14H20ClN3O3/c1-10-4-5-11(17-14(10)15)7-21-18-13(16)9-19-8-12-3-2-6-20-12/h4-5,12H,2-3,6-9H2,1H3,(H2,16,18). The molecule has 1 unspecified atom stereocenters. The van der Waals surface area contributed by atoms with Gasteiger partial charge < -0.3 is 20.0 Å². The molecule has 2 heterocycles. The third-order valence-electron chi connectivity index (χ3n) is 3.06. The summed E-state index contributed by atoms with van der Waals surface area (Å²) < 4.78 is 10.9. The molecule has 7 heteroatoms. The Balaban J connectivity index is 1.66. The van der Waals surface area contributed by atoms with E-state index in [0.717, 1.165) is 25.0 Å². The Morgan fingerprint density at radius 3 is 3.14 bits per heavy atom. The molecule has 0 bridgehead atoms. The van der Waals surface area contributed by atoms with Crippen molar-refractivity contribution in [1.82, 2.24) is 4.98 Å². The Hall–Kier alpha value is -1.37. The summed E-state index contributed by atoms with van der Waals surface area (Å²) in [7, 11) is 0. The SMILES string of the molecule is Cc1ccc(CO/N=C(\N)COCC2CCCO2)nc1Cl. The van der Waals surface area contributed by atoms with Gasteiger partial charge in [-0.05, 0) is 31.4 Å². The zero-order chi connectivity index (χ0) is 15.1. The van der Waals surface area contributed by atoms with E-state index in [2.05, 4.69) is 10.1 Å². The van der Waals surface area contributed by atoms with Crippen molar-refractivity contribution in [2.24, 2.45) is 10.9 Å². The third-order valence-corrected chi connectivity index (χ3v) is 3.45. The molecule has 0 aromatic carbocycles. The van der Waals surface area contributed by atoms with Crippen molar-refractivity contribution in [3.05, 3.63) is 28.5 Å². The maximum absolute atomic E-state index is 5.93. The van der Waals surface area contributed by atoms with Gasteiger partial charge in [-0.15, -0.1) is 0 Å². The highest BCUT2D eigenvalue weighted by Crippen LogP contribution is 2.13. The number of oxime groups is 1. The van der Waals surface area contributed by atoms with Gasteiger partial charge in [-0.2, -0.15) is 0 Å². The van der Waals surface area contributed by atoms with E-state index in [1.807, 2.05) is 19.1 Å². The summed E-state index contributed by atoms with van der Waals surface area (Å²) in [6.07, 6.45) is 2.30. The minimum absolute atomic E-state index is 0.178. The summed E-state index contributed by atoms with van der Waals surface area (Å²) >= 11 is 5.93. The average molecular weight is 314 g/mol. The van der Waals surface area contributed by atoms with Gasteiger partial charge in [0.2, 0.25) is 0 Å². The molecule has 0 aliphatic carbocycles. The lowest BCUT2D eigenvalue weighted by molar-refractivity contribution is 0.0284. The molecule has 6 nitrogen and oxygen atoms in total. The molecule has 1 aromatic rings. The van der Waals surface area contributed by atoms with Crippen LogP contribution in [0.2, 0.25) is 5.15 Å². The quantitative estimate of drug-likeness (QED) is 0.360. The van der Waals surface area contributed by atoms with E-state index in [1.54, 1.807) is 0 Å². The van der Waals surface area contributed by atoms with Crippen molar-refractivity contribution in [3.8, 4) is 0 Å². The highest BCUT2D eigenvalue weighted by atomic mass is 35.5. The van der Waals surface area contributed by atoms with Gasteiger partial charge in [0.15, 0.2) is 12.4 Å². The third kappa shape index (κ3) is 5.49. The topological polar surface area (TPSA) is 79.0 Å². The Bertz CT molecular complexity index is 490. The van der Waals surface area contributed by atoms with Gasteiger partial charge in [0.05, 0.1) is 18.4 Å². The maximum Gasteiger partial charge on any atom is 0.165 e. The number of amidine groups is 1. The molecule has 2 rings (SSSR count). The lowest BCUT2D eigenvalue weighted by Crippen LogP contribution is -2.23. The zero-order valence-electron chi connectivity index (χ0n) is 12.0. The minimum Gasteiger partial charge on any atom is -0.388 e. The number of aromatic nitrogens is 1. The number of nitrogens with two attached hydrogens (primary N) is 1. The molecule has 0 amide bonds. The van der Waals surface area contributed by atoms with Gasteiger partial charge in [-0.3, -0.25) is 0 Å². The number of rotatable bonds is 7. The molecule has 1 fully saturated rings. The fourth-order valence-corrected chi connectivity index (χ4v) is 2.07. The number of hydrogen-bond acceptors (Lipinski definition) is 5. The number of halogens is 1.